The van der Waals surface area contributed by atoms with Crippen molar-refractivity contribution >= 4 is 37.1 Å². The molecule has 1 saturated heterocycles. The number of pyridine rings is 4. The first-order valence-corrected chi connectivity index (χ1v) is 19.6. The van der Waals surface area contributed by atoms with Crippen molar-refractivity contribution in [1.82, 2.24) is 19.9 Å². The molecule has 0 spiro atoms. The molecule has 1 aliphatic carbocycles. The summed E-state index contributed by atoms with van der Waals surface area (Å²) in [6.45, 7) is 7.80. The second-order valence-corrected chi connectivity index (χ2v) is 16.9. The number of aromatic nitrogens is 4. The van der Waals surface area contributed by atoms with Crippen LogP contribution in [-0.4, -0.2) is 47.3 Å². The van der Waals surface area contributed by atoms with E-state index in [1.54, 1.807) is 11.3 Å². The molecule has 3 aliphatic rings. The Balaban J connectivity index is 1.33. The number of nitrogens with zero attached hydrogens (tertiary/aromatic N) is 4. The summed E-state index contributed by atoms with van der Waals surface area (Å²) in [6, 6.07) is 12.5. The molecule has 0 bridgehead atoms. The minimum Gasteiger partial charge on any atom is -0.381 e. The molecule has 0 radical (unpaired) electrons. The van der Waals surface area contributed by atoms with Gasteiger partial charge >= 0.3 is 0 Å². The summed E-state index contributed by atoms with van der Waals surface area (Å²) in [5, 5.41) is 4.77. The molecule has 8 nitrogen and oxygen atoms in total. The fourth-order valence-electron chi connectivity index (χ4n) is 7.83. The molecule has 10 heteroatoms. The summed E-state index contributed by atoms with van der Waals surface area (Å²) in [5.74, 6) is 1.47. The number of ether oxygens (including phenoxy) is 1. The van der Waals surface area contributed by atoms with Crippen LogP contribution < -0.4 is 5.32 Å². The standard InChI is InChI=1S/C38H41N5O3S2/c1-22(2)28-21-48(44,45)37-34(32-20-26-11-16-41-38(36(26)47-32)43-30-9-8-29-27(30)5-4-14-40-29)33(25-10-15-39-23(3)19-25)31(42-35(28)37)7-6-24-12-17-46-18-13-24/h4-5,10-11,14-16,19-20,22,24,28,30H,6-9,12-13,17-18,21H2,1-3H3,(H,41,43)/t28?,30-/m0/s1. The molecule has 2 aliphatic heterocycles. The molecule has 7 heterocycles. The van der Waals surface area contributed by atoms with Crippen LogP contribution in [0.25, 0.3) is 31.7 Å². The molecule has 1 N–H and O–H groups in total. The van der Waals surface area contributed by atoms with Crippen LogP contribution in [0.2, 0.25) is 0 Å². The normalized spacial score (nSPS) is 20.3. The molecule has 1 fully saturated rings. The summed E-state index contributed by atoms with van der Waals surface area (Å²) in [4.78, 5) is 20.6. The van der Waals surface area contributed by atoms with Crippen LogP contribution in [0, 0.1) is 18.8 Å². The number of hydrogen-bond acceptors (Lipinski definition) is 9. The molecular formula is C38H41N5O3S2. The van der Waals surface area contributed by atoms with Gasteiger partial charge in [-0.3, -0.25) is 15.0 Å². The largest absolute Gasteiger partial charge is 0.381 e. The number of aryl methyl sites for hydroxylation is 3. The minimum absolute atomic E-state index is 0.0899. The SMILES string of the molecule is Cc1cc(-c2c(CCC3CCOCC3)nc3c(c2-c2cc4ccnc(N[C@H]5CCc6ncccc65)c4s2)S(=O)(=O)CC3C(C)C)ccn1. The number of hydrogen-bond donors (Lipinski definition) is 1. The van der Waals surface area contributed by atoms with Crippen molar-refractivity contribution in [3.05, 3.63) is 83.3 Å². The molecule has 5 aromatic heterocycles. The Morgan fingerprint density at radius 3 is 2.65 bits per heavy atom. The van der Waals surface area contributed by atoms with Crippen molar-refractivity contribution < 1.29 is 13.2 Å². The van der Waals surface area contributed by atoms with Gasteiger partial charge in [-0.2, -0.15) is 0 Å². The first-order valence-electron chi connectivity index (χ1n) is 17.2. The summed E-state index contributed by atoms with van der Waals surface area (Å²) in [5.41, 5.74) is 7.63. The first kappa shape index (κ1) is 31.5. The summed E-state index contributed by atoms with van der Waals surface area (Å²) in [6.07, 6.45) is 11.3. The highest BCUT2D eigenvalue weighted by molar-refractivity contribution is 7.92. The van der Waals surface area contributed by atoms with Crippen molar-refractivity contribution in [3.8, 4) is 21.6 Å². The van der Waals surface area contributed by atoms with E-state index >= 15 is 0 Å². The Labute approximate surface area is 286 Å². The van der Waals surface area contributed by atoms with Crippen LogP contribution in [0.5, 0.6) is 0 Å². The Morgan fingerprint density at radius 2 is 1.83 bits per heavy atom. The number of anilines is 1. The van der Waals surface area contributed by atoms with Gasteiger partial charge in [0.1, 0.15) is 5.82 Å². The molecule has 1 unspecified atom stereocenters. The topological polar surface area (TPSA) is 107 Å². The lowest BCUT2D eigenvalue weighted by Gasteiger charge is -2.24. The highest BCUT2D eigenvalue weighted by atomic mass is 32.2. The van der Waals surface area contributed by atoms with Crippen molar-refractivity contribution in [2.24, 2.45) is 11.8 Å². The van der Waals surface area contributed by atoms with Crippen LogP contribution in [0.3, 0.4) is 0 Å². The Kier molecular flexibility index (Phi) is 8.29. The number of nitrogens with one attached hydrogen (secondary N) is 1. The van der Waals surface area contributed by atoms with Crippen molar-refractivity contribution in [1.29, 1.82) is 0 Å². The third-order valence-electron chi connectivity index (χ3n) is 10.4. The summed E-state index contributed by atoms with van der Waals surface area (Å²) >= 11 is 1.62. The Morgan fingerprint density at radius 1 is 1.00 bits per heavy atom. The van der Waals surface area contributed by atoms with Crippen LogP contribution in [0.4, 0.5) is 5.82 Å². The van der Waals surface area contributed by atoms with Gasteiger partial charge in [-0.25, -0.2) is 13.4 Å². The van der Waals surface area contributed by atoms with Crippen LogP contribution >= 0.6 is 11.3 Å². The van der Waals surface area contributed by atoms with Gasteiger partial charge in [0, 0.05) is 70.8 Å². The second kappa shape index (κ2) is 12.6. The number of fused-ring (bicyclic) bond motifs is 3. The van der Waals surface area contributed by atoms with E-state index < -0.39 is 9.84 Å². The van der Waals surface area contributed by atoms with Crippen LogP contribution in [0.1, 0.15) is 79.8 Å². The maximum absolute atomic E-state index is 14.3. The molecule has 248 valence electrons. The van der Waals surface area contributed by atoms with Gasteiger partial charge in [0.05, 0.1) is 27.1 Å². The molecule has 0 aromatic carbocycles. The fourth-order valence-corrected chi connectivity index (χ4v) is 11.3. The van der Waals surface area contributed by atoms with E-state index in [1.165, 1.54) is 5.56 Å². The molecule has 5 aromatic rings. The quantitative estimate of drug-likeness (QED) is 0.175. The average molecular weight is 680 g/mol. The molecule has 0 saturated carbocycles. The summed E-state index contributed by atoms with van der Waals surface area (Å²) < 4.78 is 35.2. The van der Waals surface area contributed by atoms with E-state index in [-0.39, 0.29) is 23.6 Å². The van der Waals surface area contributed by atoms with Gasteiger partial charge in [0.25, 0.3) is 0 Å². The lowest BCUT2D eigenvalue weighted by Crippen LogP contribution is -2.17. The average Bonchev–Trinajstić information content (AvgIpc) is 3.78. The van der Waals surface area contributed by atoms with Crippen LogP contribution in [-0.2, 0) is 27.4 Å². The van der Waals surface area contributed by atoms with Gasteiger partial charge in [-0.15, -0.1) is 11.3 Å². The molecule has 48 heavy (non-hydrogen) atoms. The van der Waals surface area contributed by atoms with E-state index in [0.29, 0.717) is 10.8 Å². The Bertz CT molecular complexity index is 2120. The highest BCUT2D eigenvalue weighted by Gasteiger charge is 2.42. The third-order valence-corrected chi connectivity index (χ3v) is 13.4. The highest BCUT2D eigenvalue weighted by Crippen LogP contribution is 2.51. The molecule has 8 rings (SSSR count). The first-order chi connectivity index (χ1) is 23.3. The van der Waals surface area contributed by atoms with Gasteiger partial charge in [-0.05, 0) is 104 Å². The number of thiophene rings is 1. The molecular weight excluding hydrogens is 639 g/mol. The maximum Gasteiger partial charge on any atom is 0.181 e. The zero-order valence-electron chi connectivity index (χ0n) is 27.7. The summed E-state index contributed by atoms with van der Waals surface area (Å²) in [7, 11) is -3.60. The maximum atomic E-state index is 14.3. The lowest BCUT2D eigenvalue weighted by atomic mass is 9.87. The lowest BCUT2D eigenvalue weighted by molar-refractivity contribution is 0.0639. The van der Waals surface area contributed by atoms with Crippen molar-refractivity contribution in [2.75, 3.05) is 24.3 Å². The van der Waals surface area contributed by atoms with E-state index in [9.17, 15) is 8.42 Å². The van der Waals surface area contributed by atoms with Gasteiger partial charge in [0.15, 0.2) is 9.84 Å². The van der Waals surface area contributed by atoms with Gasteiger partial charge < -0.3 is 10.1 Å². The molecule has 2 atom stereocenters. The van der Waals surface area contributed by atoms with Crippen LogP contribution in [0.15, 0.2) is 59.9 Å². The fraction of sp³-hybridized carbons (Fsp3) is 0.421. The number of rotatable bonds is 8. The minimum atomic E-state index is -3.60. The van der Waals surface area contributed by atoms with Gasteiger partial charge in [0.2, 0.25) is 0 Å². The monoisotopic (exact) mass is 679 g/mol. The smallest absolute Gasteiger partial charge is 0.181 e. The van der Waals surface area contributed by atoms with E-state index in [4.69, 9.17) is 14.7 Å². The predicted octanol–water partition coefficient (Wildman–Crippen LogP) is 8.11. The Hall–Kier alpha value is -3.73. The van der Waals surface area contributed by atoms with Gasteiger partial charge in [-0.1, -0.05) is 19.9 Å². The van der Waals surface area contributed by atoms with E-state index in [2.05, 4.69) is 47.3 Å². The third kappa shape index (κ3) is 5.71. The predicted molar refractivity (Wildman–Crippen MR) is 191 cm³/mol. The van der Waals surface area contributed by atoms with E-state index in [1.807, 2.05) is 43.7 Å². The second-order valence-electron chi connectivity index (χ2n) is 13.9. The van der Waals surface area contributed by atoms with Crippen molar-refractivity contribution in [2.45, 2.75) is 76.2 Å². The zero-order valence-corrected chi connectivity index (χ0v) is 29.3. The zero-order chi connectivity index (χ0) is 33.0. The molecule has 0 amide bonds. The van der Waals surface area contributed by atoms with Crippen molar-refractivity contribution in [3.63, 3.8) is 0 Å². The number of sulfone groups is 1. The van der Waals surface area contributed by atoms with E-state index in [0.717, 1.165) is 112 Å².